The number of aliphatic imine (C=N–C) groups is 1. The third kappa shape index (κ3) is 4.16. The van der Waals surface area contributed by atoms with Crippen LogP contribution < -0.4 is 0 Å². The lowest BCUT2D eigenvalue weighted by Crippen LogP contribution is -2.43. The zero-order chi connectivity index (χ0) is 12.8. The molecule has 0 aromatic carbocycles. The second-order valence-electron chi connectivity index (χ2n) is 3.55. The Hall–Kier alpha value is -1.41. The first kappa shape index (κ1) is 13.7. The van der Waals surface area contributed by atoms with Crippen molar-refractivity contribution in [2.75, 3.05) is 0 Å². The van der Waals surface area contributed by atoms with Gasteiger partial charge in [-0.2, -0.15) is 0 Å². The van der Waals surface area contributed by atoms with E-state index in [9.17, 15) is 15.3 Å². The van der Waals surface area contributed by atoms with Crippen molar-refractivity contribution >= 4 is 12.0 Å². The SMILES string of the molecule is C[C@H](O)[C@H](O)[C@@H](O)[C@@H](O)C=Nc1cnccn1. The fourth-order valence-corrected chi connectivity index (χ4v) is 1.09. The Kier molecular flexibility index (Phi) is 5.11. The van der Waals surface area contributed by atoms with Crippen LogP contribution in [0.2, 0.25) is 0 Å². The van der Waals surface area contributed by atoms with E-state index in [1.165, 1.54) is 25.5 Å². The lowest BCUT2D eigenvalue weighted by molar-refractivity contribution is -0.0820. The van der Waals surface area contributed by atoms with Crippen LogP contribution in [0, 0.1) is 0 Å². The van der Waals surface area contributed by atoms with Crippen molar-refractivity contribution in [2.45, 2.75) is 31.3 Å². The van der Waals surface area contributed by atoms with E-state index in [4.69, 9.17) is 5.11 Å². The quantitative estimate of drug-likeness (QED) is 0.473. The van der Waals surface area contributed by atoms with Crippen molar-refractivity contribution in [3.8, 4) is 0 Å². The molecule has 0 aliphatic carbocycles. The number of aliphatic hydroxyl groups excluding tert-OH is 4. The second-order valence-corrected chi connectivity index (χ2v) is 3.55. The van der Waals surface area contributed by atoms with E-state index in [-0.39, 0.29) is 5.82 Å². The molecule has 0 saturated carbocycles. The minimum Gasteiger partial charge on any atom is -0.391 e. The van der Waals surface area contributed by atoms with Crippen LogP contribution in [0.1, 0.15) is 6.92 Å². The maximum atomic E-state index is 9.48. The normalized spacial score (nSPS) is 18.9. The summed E-state index contributed by atoms with van der Waals surface area (Å²) in [5.74, 6) is 0.269. The van der Waals surface area contributed by atoms with Crippen LogP contribution in [0.4, 0.5) is 5.82 Å². The molecule has 17 heavy (non-hydrogen) atoms. The molecular weight excluding hydrogens is 226 g/mol. The third-order valence-electron chi connectivity index (χ3n) is 2.10. The van der Waals surface area contributed by atoms with Crippen LogP contribution in [0.5, 0.6) is 0 Å². The standard InChI is InChI=1S/C10H15N3O4/c1-6(14)9(16)10(17)7(15)4-13-8-5-11-2-3-12-8/h2-7,9-10,14-17H,1H3/t6-,7-,9-,10-/m0/s1. The molecule has 0 fully saturated rings. The van der Waals surface area contributed by atoms with E-state index in [0.29, 0.717) is 0 Å². The monoisotopic (exact) mass is 241 g/mol. The van der Waals surface area contributed by atoms with Gasteiger partial charge >= 0.3 is 0 Å². The van der Waals surface area contributed by atoms with E-state index in [1.807, 2.05) is 0 Å². The van der Waals surface area contributed by atoms with E-state index < -0.39 is 24.4 Å². The summed E-state index contributed by atoms with van der Waals surface area (Å²) in [5.41, 5.74) is 0. The molecule has 0 saturated heterocycles. The maximum absolute atomic E-state index is 9.48. The van der Waals surface area contributed by atoms with Crippen molar-refractivity contribution in [1.29, 1.82) is 0 Å². The highest BCUT2D eigenvalue weighted by atomic mass is 16.4. The molecule has 4 N–H and O–H groups in total. The number of rotatable bonds is 5. The van der Waals surface area contributed by atoms with Gasteiger partial charge in [0.15, 0.2) is 5.82 Å². The van der Waals surface area contributed by atoms with Gasteiger partial charge in [-0.25, -0.2) is 9.98 Å². The molecule has 7 heteroatoms. The Bertz CT molecular complexity index is 358. The Morgan fingerprint density at radius 1 is 1.18 bits per heavy atom. The van der Waals surface area contributed by atoms with Gasteiger partial charge in [-0.15, -0.1) is 0 Å². The first-order chi connectivity index (χ1) is 8.02. The molecule has 0 amide bonds. The van der Waals surface area contributed by atoms with E-state index >= 15 is 0 Å². The number of hydrogen-bond donors (Lipinski definition) is 4. The number of nitrogens with zero attached hydrogens (tertiary/aromatic N) is 3. The summed E-state index contributed by atoms with van der Waals surface area (Å²) in [4.78, 5) is 11.4. The molecule has 1 aromatic heterocycles. The molecule has 0 bridgehead atoms. The Labute approximate surface area is 98.1 Å². The maximum Gasteiger partial charge on any atom is 0.170 e. The minimum absolute atomic E-state index is 0.269. The minimum atomic E-state index is -1.52. The summed E-state index contributed by atoms with van der Waals surface area (Å²) in [6, 6.07) is 0. The van der Waals surface area contributed by atoms with Gasteiger partial charge in [-0.1, -0.05) is 0 Å². The van der Waals surface area contributed by atoms with E-state index in [2.05, 4.69) is 15.0 Å². The first-order valence-corrected chi connectivity index (χ1v) is 5.05. The molecule has 1 rings (SSSR count). The summed E-state index contributed by atoms with van der Waals surface area (Å²) < 4.78 is 0. The zero-order valence-electron chi connectivity index (χ0n) is 9.25. The molecule has 4 atom stereocenters. The molecule has 0 aliphatic heterocycles. The summed E-state index contributed by atoms with van der Waals surface area (Å²) in [6.07, 6.45) is -0.206. The number of hydrogen-bond acceptors (Lipinski definition) is 7. The number of aromatic nitrogens is 2. The van der Waals surface area contributed by atoms with Gasteiger partial charge in [0.1, 0.15) is 18.3 Å². The molecule has 0 spiro atoms. The van der Waals surface area contributed by atoms with Gasteiger partial charge in [0.2, 0.25) is 0 Å². The highest BCUT2D eigenvalue weighted by molar-refractivity contribution is 5.67. The lowest BCUT2D eigenvalue weighted by Gasteiger charge is -2.22. The largest absolute Gasteiger partial charge is 0.391 e. The summed E-state index contributed by atoms with van der Waals surface area (Å²) in [5, 5.41) is 37.3. The fourth-order valence-electron chi connectivity index (χ4n) is 1.09. The van der Waals surface area contributed by atoms with Gasteiger partial charge in [0.05, 0.1) is 12.3 Å². The zero-order valence-corrected chi connectivity index (χ0v) is 9.25. The van der Waals surface area contributed by atoms with Gasteiger partial charge in [0.25, 0.3) is 0 Å². The average Bonchev–Trinajstić information content (AvgIpc) is 2.35. The van der Waals surface area contributed by atoms with Crippen LogP contribution >= 0.6 is 0 Å². The molecule has 1 heterocycles. The molecular formula is C10H15N3O4. The van der Waals surface area contributed by atoms with Crippen molar-refractivity contribution in [3.63, 3.8) is 0 Å². The van der Waals surface area contributed by atoms with Gasteiger partial charge in [-0.3, -0.25) is 4.98 Å². The Morgan fingerprint density at radius 2 is 1.88 bits per heavy atom. The smallest absolute Gasteiger partial charge is 0.170 e. The van der Waals surface area contributed by atoms with Crippen LogP contribution in [-0.4, -0.2) is 61.0 Å². The Balaban J connectivity index is 2.60. The van der Waals surface area contributed by atoms with Crippen molar-refractivity contribution < 1.29 is 20.4 Å². The fraction of sp³-hybridized carbons (Fsp3) is 0.500. The van der Waals surface area contributed by atoms with Crippen LogP contribution in [0.3, 0.4) is 0 Å². The highest BCUT2D eigenvalue weighted by Crippen LogP contribution is 2.06. The molecule has 1 aromatic rings. The van der Waals surface area contributed by atoms with E-state index in [1.54, 1.807) is 0 Å². The second kappa shape index (κ2) is 6.36. The molecule has 0 aliphatic rings. The molecule has 0 radical (unpaired) electrons. The van der Waals surface area contributed by atoms with Crippen LogP contribution in [0.25, 0.3) is 0 Å². The Morgan fingerprint density at radius 3 is 2.41 bits per heavy atom. The van der Waals surface area contributed by atoms with Gasteiger partial charge in [-0.05, 0) is 6.92 Å². The molecule has 94 valence electrons. The van der Waals surface area contributed by atoms with Crippen molar-refractivity contribution in [3.05, 3.63) is 18.6 Å². The highest BCUT2D eigenvalue weighted by Gasteiger charge is 2.26. The predicted octanol–water partition coefficient (Wildman–Crippen LogP) is -1.36. The van der Waals surface area contributed by atoms with E-state index in [0.717, 1.165) is 6.21 Å². The third-order valence-corrected chi connectivity index (χ3v) is 2.10. The summed E-state index contributed by atoms with van der Waals surface area (Å²) in [7, 11) is 0. The molecule has 7 nitrogen and oxygen atoms in total. The lowest BCUT2D eigenvalue weighted by atomic mass is 10.1. The van der Waals surface area contributed by atoms with Crippen LogP contribution in [0.15, 0.2) is 23.6 Å². The van der Waals surface area contributed by atoms with Gasteiger partial charge < -0.3 is 20.4 Å². The number of aliphatic hydroxyl groups is 4. The predicted molar refractivity (Wildman–Crippen MR) is 59.9 cm³/mol. The summed E-state index contributed by atoms with van der Waals surface area (Å²) in [6.45, 7) is 1.31. The van der Waals surface area contributed by atoms with Gasteiger partial charge in [0, 0.05) is 18.6 Å². The van der Waals surface area contributed by atoms with Crippen molar-refractivity contribution in [1.82, 2.24) is 9.97 Å². The average molecular weight is 241 g/mol. The summed E-state index contributed by atoms with van der Waals surface area (Å²) >= 11 is 0. The topological polar surface area (TPSA) is 119 Å². The molecule has 0 unspecified atom stereocenters. The van der Waals surface area contributed by atoms with Crippen LogP contribution in [-0.2, 0) is 0 Å². The first-order valence-electron chi connectivity index (χ1n) is 5.05. The van der Waals surface area contributed by atoms with Crippen molar-refractivity contribution in [2.24, 2.45) is 4.99 Å².